The van der Waals surface area contributed by atoms with Crippen molar-refractivity contribution < 1.29 is 0 Å². The molecular weight excluding hydrogens is 729 g/mol. The van der Waals surface area contributed by atoms with Crippen LogP contribution in [0, 0.1) is 0 Å². The van der Waals surface area contributed by atoms with Crippen molar-refractivity contribution >= 4 is 45.1 Å². The first-order valence-corrected chi connectivity index (χ1v) is 20.6. The molecule has 2 heterocycles. The van der Waals surface area contributed by atoms with Crippen molar-refractivity contribution in [3.8, 4) is 39.3 Å². The lowest BCUT2D eigenvalue weighted by Gasteiger charge is -2.26. The number of anilines is 3. The Balaban J connectivity index is 1.01. The number of fused-ring (bicyclic) bond motifs is 4. The molecule has 4 nitrogen and oxygen atoms in total. The van der Waals surface area contributed by atoms with E-state index in [0.29, 0.717) is 0 Å². The number of aromatic nitrogens is 3. The number of rotatable bonds is 8. The van der Waals surface area contributed by atoms with Gasteiger partial charge >= 0.3 is 0 Å². The van der Waals surface area contributed by atoms with E-state index in [1.807, 2.05) is 30.3 Å². The smallest absolute Gasteiger partial charge is 0.0973 e. The summed E-state index contributed by atoms with van der Waals surface area (Å²) in [4.78, 5) is 12.7. The molecule has 0 radical (unpaired) electrons. The van der Waals surface area contributed by atoms with E-state index in [4.69, 9.17) is 9.97 Å². The molecule has 1 aliphatic rings. The first-order chi connectivity index (χ1) is 29.7. The van der Waals surface area contributed by atoms with Gasteiger partial charge in [-0.2, -0.15) is 0 Å². The molecule has 2 aromatic heterocycles. The molecule has 1 unspecified atom stereocenters. The maximum Gasteiger partial charge on any atom is 0.0973 e. The van der Waals surface area contributed by atoms with E-state index in [-0.39, 0.29) is 5.92 Å². The Hall–Kier alpha value is -7.82. The van der Waals surface area contributed by atoms with Crippen molar-refractivity contribution in [1.82, 2.24) is 14.5 Å². The zero-order valence-electron chi connectivity index (χ0n) is 32.9. The van der Waals surface area contributed by atoms with Crippen LogP contribution in [0.25, 0.3) is 67.3 Å². The summed E-state index contributed by atoms with van der Waals surface area (Å²) in [7, 11) is 0. The summed E-state index contributed by atoms with van der Waals surface area (Å²) in [5.74, 6) is 0.262. The third-order valence-electron chi connectivity index (χ3n) is 11.8. The van der Waals surface area contributed by atoms with Crippen LogP contribution < -0.4 is 4.90 Å². The molecule has 1 aliphatic carbocycles. The van der Waals surface area contributed by atoms with Crippen LogP contribution in [0.15, 0.2) is 218 Å². The normalized spacial score (nSPS) is 13.4. The second kappa shape index (κ2) is 15.2. The van der Waals surface area contributed by atoms with Gasteiger partial charge in [0, 0.05) is 50.9 Å². The van der Waals surface area contributed by atoms with Crippen LogP contribution >= 0.6 is 0 Å². The molecule has 0 amide bonds. The van der Waals surface area contributed by atoms with Crippen molar-refractivity contribution in [1.29, 1.82) is 0 Å². The zero-order chi connectivity index (χ0) is 39.8. The molecule has 60 heavy (non-hydrogen) atoms. The number of hydrogen-bond acceptors (Lipinski definition) is 3. The molecule has 0 saturated heterocycles. The molecule has 0 saturated carbocycles. The maximum absolute atomic E-state index is 5.18. The Morgan fingerprint density at radius 1 is 0.450 bits per heavy atom. The predicted molar refractivity (Wildman–Crippen MR) is 249 cm³/mol. The van der Waals surface area contributed by atoms with E-state index in [1.165, 1.54) is 38.9 Å². The molecule has 0 spiro atoms. The van der Waals surface area contributed by atoms with E-state index < -0.39 is 0 Å². The third kappa shape index (κ3) is 6.45. The minimum atomic E-state index is 0.262. The number of benzene rings is 8. The van der Waals surface area contributed by atoms with Crippen LogP contribution in [0.5, 0.6) is 0 Å². The molecule has 284 valence electrons. The summed E-state index contributed by atoms with van der Waals surface area (Å²) >= 11 is 0. The first-order valence-electron chi connectivity index (χ1n) is 20.6. The number of para-hydroxylation sites is 4. The lowest BCUT2D eigenvalue weighted by Crippen LogP contribution is -2.10. The van der Waals surface area contributed by atoms with E-state index >= 15 is 0 Å². The second-order valence-corrected chi connectivity index (χ2v) is 15.4. The Kier molecular flexibility index (Phi) is 8.94. The molecule has 0 bridgehead atoms. The second-order valence-electron chi connectivity index (χ2n) is 15.4. The maximum atomic E-state index is 5.18. The fraction of sp³-hybridized carbons (Fsp3) is 0.0357. The van der Waals surface area contributed by atoms with Gasteiger partial charge in [0.05, 0.1) is 27.9 Å². The monoisotopic (exact) mass is 768 g/mol. The van der Waals surface area contributed by atoms with Crippen molar-refractivity contribution in [3.05, 3.63) is 235 Å². The van der Waals surface area contributed by atoms with Gasteiger partial charge in [-0.05, 0) is 101 Å². The lowest BCUT2D eigenvalue weighted by molar-refractivity contribution is 0.825. The van der Waals surface area contributed by atoms with Crippen LogP contribution in [0.1, 0.15) is 22.7 Å². The number of nitrogens with zero attached hydrogens (tertiary/aromatic N) is 4. The summed E-state index contributed by atoms with van der Waals surface area (Å²) in [6.45, 7) is 0. The summed E-state index contributed by atoms with van der Waals surface area (Å²) in [6, 6.07) is 75.3. The predicted octanol–water partition coefficient (Wildman–Crippen LogP) is 14.4. The van der Waals surface area contributed by atoms with Gasteiger partial charge < -0.3 is 9.47 Å². The van der Waals surface area contributed by atoms with Crippen molar-refractivity contribution in [2.75, 3.05) is 4.90 Å². The van der Waals surface area contributed by atoms with Gasteiger partial charge in [-0.3, -0.25) is 0 Å². The quantitative estimate of drug-likeness (QED) is 0.154. The first kappa shape index (κ1) is 35.4. The van der Waals surface area contributed by atoms with Gasteiger partial charge in [0.25, 0.3) is 0 Å². The largest absolute Gasteiger partial charge is 0.310 e. The molecule has 4 heteroatoms. The summed E-state index contributed by atoms with van der Waals surface area (Å²) in [5, 5.41) is 1.26. The van der Waals surface area contributed by atoms with Crippen LogP contribution in [0.4, 0.5) is 17.1 Å². The zero-order valence-corrected chi connectivity index (χ0v) is 32.9. The summed E-state index contributed by atoms with van der Waals surface area (Å²) in [6.07, 6.45) is 5.64. The van der Waals surface area contributed by atoms with Crippen molar-refractivity contribution in [2.24, 2.45) is 0 Å². The van der Waals surface area contributed by atoms with Crippen LogP contribution in [0.3, 0.4) is 0 Å². The van der Waals surface area contributed by atoms with E-state index in [1.54, 1.807) is 0 Å². The van der Waals surface area contributed by atoms with Gasteiger partial charge in [0.15, 0.2) is 0 Å². The van der Waals surface area contributed by atoms with Gasteiger partial charge in [-0.25, -0.2) is 9.97 Å². The van der Waals surface area contributed by atoms with Gasteiger partial charge in [-0.1, -0.05) is 152 Å². The third-order valence-corrected chi connectivity index (χ3v) is 11.8. The highest BCUT2D eigenvalue weighted by molar-refractivity contribution is 5.95. The average molecular weight is 769 g/mol. The molecular formula is C56H40N4. The minimum absolute atomic E-state index is 0.262. The van der Waals surface area contributed by atoms with E-state index in [9.17, 15) is 0 Å². The van der Waals surface area contributed by atoms with Crippen LogP contribution in [-0.4, -0.2) is 14.5 Å². The fourth-order valence-electron chi connectivity index (χ4n) is 8.82. The highest BCUT2D eigenvalue weighted by atomic mass is 15.1. The van der Waals surface area contributed by atoms with Crippen molar-refractivity contribution in [3.63, 3.8) is 0 Å². The average Bonchev–Trinajstić information content (AvgIpc) is 3.66. The Labute approximate surface area is 350 Å². The summed E-state index contributed by atoms with van der Waals surface area (Å²) < 4.78 is 2.43. The molecule has 0 fully saturated rings. The van der Waals surface area contributed by atoms with Crippen molar-refractivity contribution in [2.45, 2.75) is 12.3 Å². The van der Waals surface area contributed by atoms with Gasteiger partial charge in [0.2, 0.25) is 0 Å². The van der Waals surface area contributed by atoms with E-state index in [0.717, 1.165) is 62.7 Å². The standard InChI is InChI=1S/C56H40N4/c1-5-15-39(16-6-1)40-25-27-41(28-26-40)44-31-35-53-49(37-44)50-38-48(34-36-54(50)60(53)46-21-11-4-12-22-46)59(45-19-9-3-10-20-45)47-32-29-43(30-33-47)56-55(42-17-7-2-8-18-42)57-51-23-13-14-24-52(51)58-56/h1-36,38,44H,37H2. The lowest BCUT2D eigenvalue weighted by atomic mass is 9.86. The molecule has 0 N–H and O–H groups in total. The minimum Gasteiger partial charge on any atom is -0.310 e. The number of hydrogen-bond donors (Lipinski definition) is 0. The fourth-order valence-corrected chi connectivity index (χ4v) is 8.82. The Bertz CT molecular complexity index is 3140. The molecule has 1 atom stereocenters. The Morgan fingerprint density at radius 2 is 0.950 bits per heavy atom. The van der Waals surface area contributed by atoms with Gasteiger partial charge in [0.1, 0.15) is 0 Å². The Morgan fingerprint density at radius 3 is 1.60 bits per heavy atom. The summed E-state index contributed by atoms with van der Waals surface area (Å²) in [5.41, 5.74) is 17.6. The SMILES string of the molecule is C1=CC(c2ccc(-c3ccccc3)cc2)Cc2c1n(-c1ccccc1)c1ccc(N(c3ccccc3)c3ccc(-c4nc5ccccc5nc4-c4ccccc4)cc3)cc21. The number of allylic oxidation sites excluding steroid dienone is 1. The highest BCUT2D eigenvalue weighted by Gasteiger charge is 2.25. The van der Waals surface area contributed by atoms with E-state index in [2.05, 4.69) is 204 Å². The van der Waals surface area contributed by atoms with Gasteiger partial charge in [-0.15, -0.1) is 0 Å². The molecule has 10 aromatic rings. The van der Waals surface area contributed by atoms with Crippen LogP contribution in [0.2, 0.25) is 0 Å². The molecule has 11 rings (SSSR count). The molecule has 0 aliphatic heterocycles. The topological polar surface area (TPSA) is 34.0 Å². The van der Waals surface area contributed by atoms with Crippen LogP contribution in [-0.2, 0) is 6.42 Å². The molecule has 8 aromatic carbocycles. The highest BCUT2D eigenvalue weighted by Crippen LogP contribution is 2.43.